The summed E-state index contributed by atoms with van der Waals surface area (Å²) < 4.78 is 34.2. The molecule has 1 saturated heterocycles. The Morgan fingerprint density at radius 1 is 0.970 bits per heavy atom. The number of rotatable bonds is 13. The van der Waals surface area contributed by atoms with E-state index in [9.17, 15) is 5.11 Å². The van der Waals surface area contributed by atoms with Crippen LogP contribution in [0.3, 0.4) is 0 Å². The van der Waals surface area contributed by atoms with Gasteiger partial charge in [-0.3, -0.25) is 0 Å². The molecule has 1 unspecified atom stereocenters. The second-order valence-corrected chi connectivity index (χ2v) is 9.51. The largest absolute Gasteiger partial charge is 0.392 e. The summed E-state index contributed by atoms with van der Waals surface area (Å²) in [7, 11) is 8.27. The zero-order valence-corrected chi connectivity index (χ0v) is 21.9. The van der Waals surface area contributed by atoms with Crippen molar-refractivity contribution in [3.63, 3.8) is 0 Å². The van der Waals surface area contributed by atoms with Gasteiger partial charge < -0.3 is 33.5 Å². The highest BCUT2D eigenvalue weighted by molar-refractivity contribution is 5.19. The molecule has 1 aliphatic heterocycles. The maximum absolute atomic E-state index is 10.9. The number of ether oxygens (including phenoxy) is 6. The smallest absolute Gasteiger partial charge is 0.186 e. The molecule has 1 heterocycles. The van der Waals surface area contributed by atoms with E-state index >= 15 is 0 Å². The van der Waals surface area contributed by atoms with Crippen LogP contribution in [0.25, 0.3) is 0 Å². The van der Waals surface area contributed by atoms with Gasteiger partial charge in [-0.2, -0.15) is 0 Å². The van der Waals surface area contributed by atoms with E-state index in [0.717, 1.165) is 18.4 Å². The lowest BCUT2D eigenvalue weighted by molar-refractivity contribution is -0.295. The average molecular weight is 471 g/mol. The molecule has 192 valence electrons. The van der Waals surface area contributed by atoms with Crippen molar-refractivity contribution in [1.29, 1.82) is 0 Å². The van der Waals surface area contributed by atoms with Gasteiger partial charge in [0.15, 0.2) is 6.29 Å². The maximum Gasteiger partial charge on any atom is 0.186 e. The fraction of sp³-hybridized carbons (Fsp3) is 0.846. The van der Waals surface area contributed by atoms with Crippen LogP contribution in [0.15, 0.2) is 23.8 Å². The maximum atomic E-state index is 10.9. The summed E-state index contributed by atoms with van der Waals surface area (Å²) in [6.07, 6.45) is 6.10. The summed E-state index contributed by atoms with van der Waals surface area (Å²) >= 11 is 0. The van der Waals surface area contributed by atoms with E-state index in [1.54, 1.807) is 35.5 Å². The molecule has 0 amide bonds. The summed E-state index contributed by atoms with van der Waals surface area (Å²) in [5, 5.41) is 10.9. The lowest BCUT2D eigenvalue weighted by atomic mass is 9.91. The molecule has 0 spiro atoms. The summed E-state index contributed by atoms with van der Waals surface area (Å²) in [5.41, 5.74) is 0.988. The zero-order valence-electron chi connectivity index (χ0n) is 21.9. The van der Waals surface area contributed by atoms with Crippen LogP contribution in [0, 0.1) is 23.7 Å². The molecule has 1 N–H and O–H groups in total. The molecular formula is C26H46O7. The minimum absolute atomic E-state index is 0.0562. The normalized spacial score (nSPS) is 36.5. The lowest BCUT2D eigenvalue weighted by Crippen LogP contribution is -2.60. The minimum Gasteiger partial charge on any atom is -0.392 e. The molecule has 2 fully saturated rings. The van der Waals surface area contributed by atoms with Crippen LogP contribution < -0.4 is 0 Å². The highest BCUT2D eigenvalue weighted by Crippen LogP contribution is 2.49. The van der Waals surface area contributed by atoms with Crippen molar-refractivity contribution < 1.29 is 33.5 Å². The molecule has 7 heteroatoms. The highest BCUT2D eigenvalue weighted by Gasteiger charge is 2.49. The Hall–Kier alpha value is -0.800. The van der Waals surface area contributed by atoms with E-state index in [2.05, 4.69) is 26.8 Å². The molecule has 1 aliphatic carbocycles. The number of methoxy groups -OCH3 is 5. The molecule has 0 aromatic rings. The first kappa shape index (κ1) is 28.4. The fourth-order valence-corrected chi connectivity index (χ4v) is 5.38. The van der Waals surface area contributed by atoms with Crippen molar-refractivity contribution in [1.82, 2.24) is 0 Å². The van der Waals surface area contributed by atoms with Crippen LogP contribution in [0.2, 0.25) is 0 Å². The van der Waals surface area contributed by atoms with E-state index in [1.807, 2.05) is 19.1 Å². The van der Waals surface area contributed by atoms with E-state index in [4.69, 9.17) is 28.4 Å². The van der Waals surface area contributed by atoms with Crippen LogP contribution in [-0.2, 0) is 28.4 Å². The van der Waals surface area contributed by atoms with E-state index < -0.39 is 6.29 Å². The first-order valence-electron chi connectivity index (χ1n) is 12.1. The van der Waals surface area contributed by atoms with Crippen LogP contribution in [0.4, 0.5) is 0 Å². The van der Waals surface area contributed by atoms with Crippen molar-refractivity contribution in [3.05, 3.63) is 23.8 Å². The Morgan fingerprint density at radius 3 is 2.12 bits per heavy atom. The van der Waals surface area contributed by atoms with Gasteiger partial charge in [-0.15, -0.1) is 0 Å². The first-order valence-corrected chi connectivity index (χ1v) is 12.1. The Balaban J connectivity index is 2.02. The Bertz CT molecular complexity index is 632. The molecule has 2 rings (SSSR count). The third-order valence-electron chi connectivity index (χ3n) is 7.60. The zero-order chi connectivity index (χ0) is 24.7. The monoisotopic (exact) mass is 470 g/mol. The summed E-state index contributed by atoms with van der Waals surface area (Å²) in [5.74, 6) is 1.39. The van der Waals surface area contributed by atoms with Gasteiger partial charge in [0.2, 0.25) is 0 Å². The Labute approximate surface area is 200 Å². The topological polar surface area (TPSA) is 75.6 Å². The van der Waals surface area contributed by atoms with Crippen LogP contribution in [0.1, 0.15) is 40.5 Å². The quantitative estimate of drug-likeness (QED) is 0.412. The SMILES string of the molecule is CC[C@H](OC)[C@@H](C)[C@H]1CC1[C@H](O)[C@@H](C)/C=C/C=C(\C)[C@@H]1O[C@H](OC)[C@H](OC)[C@@H](OC)[C@H]1OC. The van der Waals surface area contributed by atoms with Gasteiger partial charge in [-0.05, 0) is 43.1 Å². The van der Waals surface area contributed by atoms with E-state index in [-0.39, 0.29) is 42.5 Å². The number of aliphatic hydroxyl groups excluding tert-OH is 1. The average Bonchev–Trinajstić information content (AvgIpc) is 3.63. The van der Waals surface area contributed by atoms with E-state index in [1.165, 1.54) is 0 Å². The van der Waals surface area contributed by atoms with Crippen molar-refractivity contribution in [2.24, 2.45) is 23.7 Å². The molecule has 11 atom stereocenters. The van der Waals surface area contributed by atoms with Crippen molar-refractivity contribution >= 4 is 0 Å². The molecule has 7 nitrogen and oxygen atoms in total. The van der Waals surface area contributed by atoms with E-state index in [0.29, 0.717) is 17.8 Å². The van der Waals surface area contributed by atoms with Gasteiger partial charge >= 0.3 is 0 Å². The number of aliphatic hydroxyl groups is 1. The molecule has 0 aromatic heterocycles. The molecule has 0 radical (unpaired) electrons. The van der Waals surface area contributed by atoms with Crippen LogP contribution in [-0.4, -0.2) is 83.6 Å². The summed E-state index contributed by atoms with van der Waals surface area (Å²) in [6, 6.07) is 0. The summed E-state index contributed by atoms with van der Waals surface area (Å²) in [4.78, 5) is 0. The molecule has 1 saturated carbocycles. The predicted octanol–water partition coefficient (Wildman–Crippen LogP) is 3.60. The fourth-order valence-electron chi connectivity index (χ4n) is 5.38. The number of hydrogen-bond acceptors (Lipinski definition) is 7. The van der Waals surface area contributed by atoms with Crippen molar-refractivity contribution in [3.8, 4) is 0 Å². The number of allylic oxidation sites excluding steroid dienone is 2. The van der Waals surface area contributed by atoms with Gasteiger partial charge in [-0.25, -0.2) is 0 Å². The summed E-state index contributed by atoms with van der Waals surface area (Å²) in [6.45, 7) is 8.47. The van der Waals surface area contributed by atoms with Crippen LogP contribution in [0.5, 0.6) is 0 Å². The van der Waals surface area contributed by atoms with Crippen molar-refractivity contribution in [2.75, 3.05) is 35.5 Å². The molecule has 2 aliphatic rings. The van der Waals surface area contributed by atoms with Crippen LogP contribution >= 0.6 is 0 Å². The second kappa shape index (κ2) is 13.3. The Kier molecular flexibility index (Phi) is 11.5. The predicted molar refractivity (Wildman–Crippen MR) is 128 cm³/mol. The standard InChI is InChI=1S/C26H46O7/c1-10-20(28-5)17(4)18-14-19(18)21(27)15(2)12-11-13-16(3)22-23(29-6)24(30-7)25(31-8)26(32-9)33-22/h11-13,15,17-27H,10,14H2,1-9H3/b12-11+,16-13+/t15-,17-,18+,19?,20-,21+,22-,23-,24-,25+,26-/m0/s1. The van der Waals surface area contributed by atoms with Crippen molar-refractivity contribution in [2.45, 2.75) is 83.5 Å². The number of hydrogen-bond donors (Lipinski definition) is 1. The third kappa shape index (κ3) is 6.66. The Morgan fingerprint density at radius 2 is 1.61 bits per heavy atom. The van der Waals surface area contributed by atoms with Gasteiger partial charge in [-0.1, -0.05) is 39.0 Å². The molecule has 33 heavy (non-hydrogen) atoms. The molecule has 0 bridgehead atoms. The molecular weight excluding hydrogens is 424 g/mol. The van der Waals surface area contributed by atoms with Gasteiger partial charge in [0.05, 0.1) is 12.2 Å². The van der Waals surface area contributed by atoms with Gasteiger partial charge in [0.1, 0.15) is 24.4 Å². The van der Waals surface area contributed by atoms with Gasteiger partial charge in [0, 0.05) is 41.5 Å². The first-order chi connectivity index (χ1) is 15.8. The second-order valence-electron chi connectivity index (χ2n) is 9.51. The minimum atomic E-state index is -0.558. The third-order valence-corrected chi connectivity index (χ3v) is 7.60. The van der Waals surface area contributed by atoms with Gasteiger partial charge in [0.25, 0.3) is 0 Å². The highest BCUT2D eigenvalue weighted by atomic mass is 16.7. The molecule has 0 aromatic carbocycles. The lowest BCUT2D eigenvalue weighted by Gasteiger charge is -2.44.